The summed E-state index contributed by atoms with van der Waals surface area (Å²) in [5.74, 6) is 0.779. The predicted molar refractivity (Wildman–Crippen MR) is 93.3 cm³/mol. The van der Waals surface area contributed by atoms with E-state index in [2.05, 4.69) is 63.3 Å². The molecule has 0 bridgehead atoms. The maximum Gasteiger partial charge on any atom is 0.225 e. The Labute approximate surface area is 140 Å². The first kappa shape index (κ1) is 14.8. The molecule has 2 heterocycles. The van der Waals surface area contributed by atoms with E-state index in [4.69, 9.17) is 11.6 Å². The standard InChI is InChI=1S/C15H13BrClN3S/c1-8-6-12-13(19-15(17)20-14(12)21-8)18-9(2)10-4-3-5-11(16)7-10/h3-7,9H,1-2H3,(H,18,19,20). The summed E-state index contributed by atoms with van der Waals surface area (Å²) in [6.07, 6.45) is 0. The lowest BCUT2D eigenvalue weighted by molar-refractivity contribution is 0.875. The molecule has 108 valence electrons. The second kappa shape index (κ2) is 5.91. The Bertz CT molecular complexity index is 803. The van der Waals surface area contributed by atoms with Crippen LogP contribution >= 0.6 is 38.9 Å². The van der Waals surface area contributed by atoms with Crippen molar-refractivity contribution in [1.82, 2.24) is 9.97 Å². The molecule has 1 aromatic carbocycles. The highest BCUT2D eigenvalue weighted by molar-refractivity contribution is 9.10. The Morgan fingerprint density at radius 2 is 2.10 bits per heavy atom. The number of anilines is 1. The van der Waals surface area contributed by atoms with Gasteiger partial charge in [0.1, 0.15) is 10.6 Å². The highest BCUT2D eigenvalue weighted by Crippen LogP contribution is 2.31. The molecular weight excluding hydrogens is 370 g/mol. The van der Waals surface area contributed by atoms with Gasteiger partial charge in [0.05, 0.1) is 11.4 Å². The minimum absolute atomic E-state index is 0.122. The summed E-state index contributed by atoms with van der Waals surface area (Å²) in [4.78, 5) is 10.7. The van der Waals surface area contributed by atoms with Gasteiger partial charge in [-0.15, -0.1) is 11.3 Å². The van der Waals surface area contributed by atoms with Gasteiger partial charge in [-0.2, -0.15) is 0 Å². The van der Waals surface area contributed by atoms with E-state index in [0.29, 0.717) is 0 Å². The average Bonchev–Trinajstić information content (AvgIpc) is 2.79. The molecule has 0 aliphatic rings. The van der Waals surface area contributed by atoms with E-state index in [9.17, 15) is 0 Å². The van der Waals surface area contributed by atoms with Gasteiger partial charge in [0.15, 0.2) is 0 Å². The molecule has 1 unspecified atom stereocenters. The van der Waals surface area contributed by atoms with Crippen LogP contribution in [0.3, 0.4) is 0 Å². The van der Waals surface area contributed by atoms with E-state index in [0.717, 1.165) is 20.5 Å². The van der Waals surface area contributed by atoms with Gasteiger partial charge < -0.3 is 5.32 Å². The molecule has 0 spiro atoms. The minimum Gasteiger partial charge on any atom is -0.363 e. The van der Waals surface area contributed by atoms with Crippen molar-refractivity contribution in [1.29, 1.82) is 0 Å². The Kier molecular flexibility index (Phi) is 4.15. The third kappa shape index (κ3) is 3.20. The van der Waals surface area contributed by atoms with E-state index in [1.165, 1.54) is 10.4 Å². The van der Waals surface area contributed by atoms with Gasteiger partial charge in [-0.1, -0.05) is 28.1 Å². The third-order valence-electron chi connectivity index (χ3n) is 3.19. The molecule has 21 heavy (non-hydrogen) atoms. The van der Waals surface area contributed by atoms with Crippen LogP contribution in [0.4, 0.5) is 5.82 Å². The van der Waals surface area contributed by atoms with Crippen molar-refractivity contribution in [3.05, 3.63) is 50.5 Å². The van der Waals surface area contributed by atoms with Crippen molar-refractivity contribution in [2.75, 3.05) is 5.32 Å². The monoisotopic (exact) mass is 381 g/mol. The molecule has 3 nitrogen and oxygen atoms in total. The van der Waals surface area contributed by atoms with Crippen molar-refractivity contribution < 1.29 is 0 Å². The molecule has 0 amide bonds. The summed E-state index contributed by atoms with van der Waals surface area (Å²) in [5.41, 5.74) is 1.18. The van der Waals surface area contributed by atoms with Crippen LogP contribution in [-0.2, 0) is 0 Å². The Balaban J connectivity index is 1.97. The van der Waals surface area contributed by atoms with Gasteiger partial charge in [-0.25, -0.2) is 9.97 Å². The Hall–Kier alpha value is -1.17. The molecule has 0 aliphatic carbocycles. The van der Waals surface area contributed by atoms with Crippen molar-refractivity contribution in [3.63, 3.8) is 0 Å². The number of nitrogens with zero attached hydrogens (tertiary/aromatic N) is 2. The largest absolute Gasteiger partial charge is 0.363 e. The number of benzene rings is 1. The molecule has 3 rings (SSSR count). The van der Waals surface area contributed by atoms with Crippen molar-refractivity contribution in [3.8, 4) is 0 Å². The molecule has 1 N–H and O–H groups in total. The van der Waals surface area contributed by atoms with E-state index in [1.807, 2.05) is 12.1 Å². The van der Waals surface area contributed by atoms with Crippen molar-refractivity contribution >= 4 is 54.9 Å². The Morgan fingerprint density at radius 3 is 2.86 bits per heavy atom. The first-order chi connectivity index (χ1) is 10.0. The fourth-order valence-corrected chi connectivity index (χ4v) is 3.71. The number of nitrogens with one attached hydrogen (secondary N) is 1. The van der Waals surface area contributed by atoms with Gasteiger partial charge in [0.2, 0.25) is 5.28 Å². The maximum absolute atomic E-state index is 6.02. The highest BCUT2D eigenvalue weighted by Gasteiger charge is 2.13. The molecule has 1 atom stereocenters. The number of fused-ring (bicyclic) bond motifs is 1. The number of rotatable bonds is 3. The molecule has 6 heteroatoms. The Morgan fingerprint density at radius 1 is 1.29 bits per heavy atom. The first-order valence-corrected chi connectivity index (χ1v) is 8.47. The summed E-state index contributed by atoms with van der Waals surface area (Å²) in [7, 11) is 0. The molecule has 0 saturated heterocycles. The third-order valence-corrected chi connectivity index (χ3v) is 4.80. The van der Waals surface area contributed by atoms with Crippen LogP contribution < -0.4 is 5.32 Å². The lowest BCUT2D eigenvalue weighted by atomic mass is 10.1. The van der Waals surface area contributed by atoms with Gasteiger partial charge >= 0.3 is 0 Å². The van der Waals surface area contributed by atoms with Crippen LogP contribution in [0.5, 0.6) is 0 Å². The van der Waals surface area contributed by atoms with Gasteiger partial charge in [-0.3, -0.25) is 0 Å². The van der Waals surface area contributed by atoms with Crippen molar-refractivity contribution in [2.45, 2.75) is 19.9 Å². The summed E-state index contributed by atoms with van der Waals surface area (Å²) in [6, 6.07) is 10.4. The quantitative estimate of drug-likeness (QED) is 0.600. The zero-order valence-corrected chi connectivity index (χ0v) is 14.7. The minimum atomic E-state index is 0.122. The molecule has 0 radical (unpaired) electrons. The smallest absolute Gasteiger partial charge is 0.225 e. The number of aryl methyl sites for hydroxylation is 1. The number of aromatic nitrogens is 2. The van der Waals surface area contributed by atoms with E-state index in [-0.39, 0.29) is 11.3 Å². The van der Waals surface area contributed by atoms with Crippen LogP contribution in [0.25, 0.3) is 10.2 Å². The summed E-state index contributed by atoms with van der Waals surface area (Å²) < 4.78 is 1.06. The van der Waals surface area contributed by atoms with Gasteiger partial charge in [0, 0.05) is 9.35 Å². The zero-order chi connectivity index (χ0) is 15.0. The van der Waals surface area contributed by atoms with E-state index >= 15 is 0 Å². The summed E-state index contributed by atoms with van der Waals surface area (Å²) >= 11 is 11.1. The summed E-state index contributed by atoms with van der Waals surface area (Å²) in [6.45, 7) is 4.16. The highest BCUT2D eigenvalue weighted by atomic mass is 79.9. The topological polar surface area (TPSA) is 37.8 Å². The van der Waals surface area contributed by atoms with Gasteiger partial charge in [0.25, 0.3) is 0 Å². The van der Waals surface area contributed by atoms with E-state index < -0.39 is 0 Å². The maximum atomic E-state index is 6.02. The summed E-state index contributed by atoms with van der Waals surface area (Å²) in [5, 5.41) is 4.72. The van der Waals surface area contributed by atoms with Crippen LogP contribution in [0.2, 0.25) is 5.28 Å². The SMILES string of the molecule is Cc1cc2c(NC(C)c3cccc(Br)c3)nc(Cl)nc2s1. The molecule has 0 saturated carbocycles. The second-order valence-electron chi connectivity index (χ2n) is 4.84. The molecule has 3 aromatic rings. The number of halogens is 2. The number of hydrogen-bond acceptors (Lipinski definition) is 4. The second-order valence-corrected chi connectivity index (χ2v) is 7.33. The van der Waals surface area contributed by atoms with E-state index in [1.54, 1.807) is 11.3 Å². The van der Waals surface area contributed by atoms with Crippen LogP contribution in [0, 0.1) is 6.92 Å². The molecule has 0 fully saturated rings. The normalized spacial score (nSPS) is 12.6. The van der Waals surface area contributed by atoms with Gasteiger partial charge in [-0.05, 0) is 49.2 Å². The average molecular weight is 383 g/mol. The lowest BCUT2D eigenvalue weighted by Crippen LogP contribution is -2.08. The first-order valence-electron chi connectivity index (χ1n) is 6.48. The number of thiophene rings is 1. The molecule has 0 aliphatic heterocycles. The molecular formula is C15H13BrClN3S. The number of hydrogen-bond donors (Lipinski definition) is 1. The van der Waals surface area contributed by atoms with Crippen LogP contribution in [0.15, 0.2) is 34.8 Å². The predicted octanol–water partition coefficient (Wildman–Crippen LogP) is 5.59. The fourth-order valence-electron chi connectivity index (χ4n) is 2.19. The van der Waals surface area contributed by atoms with Crippen LogP contribution in [-0.4, -0.2) is 9.97 Å². The fraction of sp³-hybridized carbons (Fsp3) is 0.200. The van der Waals surface area contributed by atoms with Crippen LogP contribution in [0.1, 0.15) is 23.4 Å². The lowest BCUT2D eigenvalue weighted by Gasteiger charge is -2.16. The zero-order valence-electron chi connectivity index (χ0n) is 11.5. The van der Waals surface area contributed by atoms with Crippen molar-refractivity contribution in [2.24, 2.45) is 0 Å². The molecule has 2 aromatic heterocycles.